The summed E-state index contributed by atoms with van der Waals surface area (Å²) in [5, 5.41) is 10.3. The van der Waals surface area contributed by atoms with Gasteiger partial charge >= 0.3 is 0 Å². The lowest BCUT2D eigenvalue weighted by atomic mass is 9.82. The van der Waals surface area contributed by atoms with Crippen LogP contribution in [0.1, 0.15) is 12.8 Å². The van der Waals surface area contributed by atoms with Gasteiger partial charge in [0.25, 0.3) is 0 Å². The number of rotatable bonds is 3. The number of aliphatic hydroxyl groups is 1. The largest absolute Gasteiger partial charge is 0.393 e. The topological polar surface area (TPSA) is 62.4 Å². The van der Waals surface area contributed by atoms with Gasteiger partial charge in [-0.3, -0.25) is 0 Å². The summed E-state index contributed by atoms with van der Waals surface area (Å²) in [6, 6.07) is 1.89. The first-order valence-electron chi connectivity index (χ1n) is 4.76. The molecule has 1 aromatic heterocycles. The molecule has 78 valence electrons. The van der Waals surface area contributed by atoms with E-state index in [0.29, 0.717) is 11.7 Å². The second-order valence-electron chi connectivity index (χ2n) is 3.96. The Hall–Kier alpha value is -0.810. The molecule has 1 aromatic rings. The van der Waals surface area contributed by atoms with Crippen LogP contribution in [0.3, 0.4) is 0 Å². The number of nitrogen functional groups attached to an aromatic ring is 1. The highest BCUT2D eigenvalue weighted by molar-refractivity contribution is 7.10. The molecule has 0 aliphatic heterocycles. The van der Waals surface area contributed by atoms with Gasteiger partial charge in [0, 0.05) is 19.7 Å². The van der Waals surface area contributed by atoms with Gasteiger partial charge in [-0.2, -0.15) is 4.37 Å². The molecule has 3 N–H and O–H groups in total. The van der Waals surface area contributed by atoms with Crippen molar-refractivity contribution in [1.29, 1.82) is 0 Å². The molecule has 0 bridgehead atoms. The zero-order chi connectivity index (χ0) is 10.1. The second-order valence-corrected chi connectivity index (χ2v) is 4.75. The molecule has 1 aliphatic rings. The molecule has 1 fully saturated rings. The Morgan fingerprint density at radius 3 is 2.93 bits per heavy atom. The fourth-order valence-electron chi connectivity index (χ4n) is 1.79. The van der Waals surface area contributed by atoms with E-state index in [1.54, 1.807) is 0 Å². The summed E-state index contributed by atoms with van der Waals surface area (Å²) >= 11 is 1.42. The van der Waals surface area contributed by atoms with Crippen molar-refractivity contribution in [2.45, 2.75) is 18.9 Å². The van der Waals surface area contributed by atoms with Crippen LogP contribution in [-0.4, -0.2) is 29.2 Å². The highest BCUT2D eigenvalue weighted by Gasteiger charge is 2.28. The molecule has 2 rings (SSSR count). The molecule has 0 radical (unpaired) electrons. The molecule has 1 aliphatic carbocycles. The Morgan fingerprint density at radius 2 is 2.43 bits per heavy atom. The Kier molecular flexibility index (Phi) is 2.60. The van der Waals surface area contributed by atoms with Crippen molar-refractivity contribution in [3.05, 3.63) is 6.07 Å². The van der Waals surface area contributed by atoms with Gasteiger partial charge in [0.05, 0.1) is 6.10 Å². The van der Waals surface area contributed by atoms with Crippen LogP contribution in [0, 0.1) is 5.92 Å². The molecule has 1 saturated carbocycles. The summed E-state index contributed by atoms with van der Waals surface area (Å²) in [7, 11) is 2.04. The zero-order valence-electron chi connectivity index (χ0n) is 8.18. The molecule has 0 atom stereocenters. The highest BCUT2D eigenvalue weighted by Crippen LogP contribution is 2.30. The molecule has 4 nitrogen and oxygen atoms in total. The van der Waals surface area contributed by atoms with E-state index >= 15 is 0 Å². The maximum absolute atomic E-state index is 9.16. The lowest BCUT2D eigenvalue weighted by Gasteiger charge is -2.34. The van der Waals surface area contributed by atoms with Crippen molar-refractivity contribution < 1.29 is 5.11 Å². The van der Waals surface area contributed by atoms with Gasteiger partial charge in [-0.15, -0.1) is 0 Å². The van der Waals surface area contributed by atoms with E-state index in [0.717, 1.165) is 24.4 Å². The standard InChI is InChI=1S/C9H15N3OS/c1-12(5-6-2-7(13)3-6)9-4-8(10)11-14-9/h4,6-7,13H,2-3,5H2,1H3,(H2,10,11). The first kappa shape index (κ1) is 9.73. The summed E-state index contributed by atoms with van der Waals surface area (Å²) in [6.45, 7) is 0.985. The van der Waals surface area contributed by atoms with E-state index in [1.165, 1.54) is 11.5 Å². The summed E-state index contributed by atoms with van der Waals surface area (Å²) in [5.74, 6) is 1.21. The van der Waals surface area contributed by atoms with Gasteiger partial charge in [0.1, 0.15) is 10.8 Å². The maximum Gasteiger partial charge on any atom is 0.139 e. The number of hydrogen-bond acceptors (Lipinski definition) is 5. The van der Waals surface area contributed by atoms with Gasteiger partial charge in [0.15, 0.2) is 0 Å². The van der Waals surface area contributed by atoms with Crippen LogP contribution in [0.15, 0.2) is 6.07 Å². The van der Waals surface area contributed by atoms with Crippen molar-refractivity contribution in [1.82, 2.24) is 4.37 Å². The molecule has 0 unspecified atom stereocenters. The van der Waals surface area contributed by atoms with Gasteiger partial charge in [-0.1, -0.05) is 0 Å². The first-order valence-corrected chi connectivity index (χ1v) is 5.54. The number of aromatic nitrogens is 1. The minimum atomic E-state index is -0.0695. The van der Waals surface area contributed by atoms with Crippen molar-refractivity contribution >= 4 is 22.4 Å². The Labute approximate surface area is 87.5 Å². The number of aliphatic hydroxyl groups excluding tert-OH is 1. The lowest BCUT2D eigenvalue weighted by molar-refractivity contribution is 0.0465. The molecular weight excluding hydrogens is 198 g/mol. The van der Waals surface area contributed by atoms with Crippen molar-refractivity contribution in [3.63, 3.8) is 0 Å². The minimum Gasteiger partial charge on any atom is -0.393 e. The highest BCUT2D eigenvalue weighted by atomic mass is 32.1. The number of anilines is 2. The van der Waals surface area contributed by atoms with E-state index < -0.39 is 0 Å². The zero-order valence-corrected chi connectivity index (χ0v) is 9.00. The third kappa shape index (κ3) is 1.99. The molecule has 0 spiro atoms. The average Bonchev–Trinajstić information content (AvgIpc) is 2.49. The number of nitrogens with two attached hydrogens (primary N) is 1. The second kappa shape index (κ2) is 3.74. The summed E-state index contributed by atoms with van der Waals surface area (Å²) in [4.78, 5) is 2.16. The molecule has 1 heterocycles. The van der Waals surface area contributed by atoms with E-state index in [2.05, 4.69) is 9.27 Å². The molecule has 5 heteroatoms. The predicted molar refractivity (Wildman–Crippen MR) is 58.5 cm³/mol. The first-order chi connectivity index (χ1) is 6.65. The Morgan fingerprint density at radius 1 is 1.71 bits per heavy atom. The Balaban J connectivity index is 1.86. The quantitative estimate of drug-likeness (QED) is 0.784. The van der Waals surface area contributed by atoms with E-state index in [-0.39, 0.29) is 6.10 Å². The Bertz CT molecular complexity index is 309. The van der Waals surface area contributed by atoms with Crippen LogP contribution < -0.4 is 10.6 Å². The average molecular weight is 213 g/mol. The summed E-state index contributed by atoms with van der Waals surface area (Å²) < 4.78 is 4.03. The fraction of sp³-hybridized carbons (Fsp3) is 0.667. The summed E-state index contributed by atoms with van der Waals surface area (Å²) in [6.07, 6.45) is 1.79. The number of hydrogen-bond donors (Lipinski definition) is 2. The van der Waals surface area contributed by atoms with E-state index in [1.807, 2.05) is 13.1 Å². The normalized spacial score (nSPS) is 25.9. The van der Waals surface area contributed by atoms with E-state index in [4.69, 9.17) is 10.8 Å². The van der Waals surface area contributed by atoms with Crippen molar-refractivity contribution in [3.8, 4) is 0 Å². The third-order valence-electron chi connectivity index (χ3n) is 2.64. The molecule has 14 heavy (non-hydrogen) atoms. The monoisotopic (exact) mass is 213 g/mol. The van der Waals surface area contributed by atoms with Gasteiger partial charge in [0.2, 0.25) is 0 Å². The SMILES string of the molecule is CN(CC1CC(O)C1)c1cc(N)ns1. The molecular formula is C9H15N3OS. The number of nitrogens with zero attached hydrogens (tertiary/aromatic N) is 2. The third-order valence-corrected chi connectivity index (χ3v) is 3.55. The molecule has 0 aromatic carbocycles. The predicted octanol–water partition coefficient (Wildman–Crippen LogP) is 0.932. The van der Waals surface area contributed by atoms with Crippen LogP contribution in [0.5, 0.6) is 0 Å². The van der Waals surface area contributed by atoms with Crippen molar-refractivity contribution in [2.75, 3.05) is 24.2 Å². The summed E-state index contributed by atoms with van der Waals surface area (Å²) in [5.41, 5.74) is 5.55. The van der Waals surface area contributed by atoms with Gasteiger partial charge in [-0.05, 0) is 30.3 Å². The van der Waals surface area contributed by atoms with E-state index in [9.17, 15) is 0 Å². The van der Waals surface area contributed by atoms with Crippen molar-refractivity contribution in [2.24, 2.45) is 5.92 Å². The minimum absolute atomic E-state index is 0.0695. The maximum atomic E-state index is 9.16. The van der Waals surface area contributed by atoms with Crippen LogP contribution >= 0.6 is 11.5 Å². The van der Waals surface area contributed by atoms with Crippen LogP contribution in [-0.2, 0) is 0 Å². The van der Waals surface area contributed by atoms with Gasteiger partial charge in [-0.25, -0.2) is 0 Å². The molecule has 0 amide bonds. The van der Waals surface area contributed by atoms with Gasteiger partial charge < -0.3 is 15.7 Å². The smallest absolute Gasteiger partial charge is 0.139 e. The fourth-order valence-corrected chi connectivity index (χ4v) is 2.42. The lowest BCUT2D eigenvalue weighted by Crippen LogP contribution is -2.36. The van der Waals surface area contributed by atoms with Crippen LogP contribution in [0.25, 0.3) is 0 Å². The van der Waals surface area contributed by atoms with Crippen LogP contribution in [0.2, 0.25) is 0 Å². The van der Waals surface area contributed by atoms with Crippen LogP contribution in [0.4, 0.5) is 10.8 Å². The molecule has 0 saturated heterocycles.